The number of hydrogen-bond acceptors (Lipinski definition) is 2. The van der Waals surface area contributed by atoms with E-state index in [9.17, 15) is 5.11 Å². The number of fused-ring (bicyclic) bond motifs is 1. The number of hydrogen-bond donors (Lipinski definition) is 1. The number of aromatic hydroxyl groups is 1. The number of nitrogens with zero attached hydrogens (tertiary/aromatic N) is 2. The fourth-order valence-corrected chi connectivity index (χ4v) is 1.30. The number of rotatable bonds is 0. The zero-order chi connectivity index (χ0) is 12.7. The fourth-order valence-electron chi connectivity index (χ4n) is 1.30. The molecule has 0 amide bonds. The van der Waals surface area contributed by atoms with E-state index in [0.29, 0.717) is 5.75 Å². The Morgan fingerprint density at radius 2 is 1.69 bits per heavy atom. The summed E-state index contributed by atoms with van der Waals surface area (Å²) in [7, 11) is 1.87. The standard InChI is InChI=1S/C9H10N2O.2C2H6/c1-6-3-7-5-11(2)10-8(7)4-9(6)12;2*1-2/h3-5,12H,1-2H3;2*1-2H3. The molecule has 0 aliphatic carbocycles. The summed E-state index contributed by atoms with van der Waals surface area (Å²) in [5.74, 6) is 0.307. The Labute approximate surface area is 97.7 Å². The molecule has 0 saturated heterocycles. The van der Waals surface area contributed by atoms with E-state index < -0.39 is 0 Å². The van der Waals surface area contributed by atoms with Gasteiger partial charge in [0.25, 0.3) is 0 Å². The molecule has 90 valence electrons. The Morgan fingerprint density at radius 3 is 2.25 bits per heavy atom. The first-order valence-electron chi connectivity index (χ1n) is 5.80. The van der Waals surface area contributed by atoms with E-state index in [1.807, 2.05) is 53.9 Å². The van der Waals surface area contributed by atoms with Gasteiger partial charge < -0.3 is 5.11 Å². The molecule has 0 fully saturated rings. The smallest absolute Gasteiger partial charge is 0.120 e. The predicted molar refractivity (Wildman–Crippen MR) is 69.8 cm³/mol. The third kappa shape index (κ3) is 3.26. The molecule has 2 rings (SSSR count). The quantitative estimate of drug-likeness (QED) is 0.739. The van der Waals surface area contributed by atoms with E-state index in [1.54, 1.807) is 10.7 Å². The van der Waals surface area contributed by atoms with Crippen molar-refractivity contribution < 1.29 is 5.11 Å². The lowest BCUT2D eigenvalue weighted by Crippen LogP contribution is -1.84. The average Bonchev–Trinajstić information content (AvgIpc) is 2.64. The maximum Gasteiger partial charge on any atom is 0.120 e. The van der Waals surface area contributed by atoms with Crippen molar-refractivity contribution in [3.63, 3.8) is 0 Å². The third-order valence-corrected chi connectivity index (χ3v) is 1.94. The zero-order valence-corrected chi connectivity index (χ0v) is 11.1. The Bertz CT molecular complexity index is 394. The van der Waals surface area contributed by atoms with Crippen LogP contribution >= 0.6 is 0 Å². The summed E-state index contributed by atoms with van der Waals surface area (Å²) in [5.41, 5.74) is 1.72. The maximum atomic E-state index is 9.38. The number of phenols is 1. The second-order valence-electron chi connectivity index (χ2n) is 3.00. The minimum absolute atomic E-state index is 0.307. The van der Waals surface area contributed by atoms with Gasteiger partial charge in [0.15, 0.2) is 0 Å². The van der Waals surface area contributed by atoms with Crippen molar-refractivity contribution in [2.75, 3.05) is 0 Å². The summed E-state index contributed by atoms with van der Waals surface area (Å²) in [4.78, 5) is 0. The normalized spacial score (nSPS) is 8.88. The molecule has 0 atom stereocenters. The largest absolute Gasteiger partial charge is 0.508 e. The van der Waals surface area contributed by atoms with Crippen molar-refractivity contribution >= 4 is 10.9 Å². The second-order valence-corrected chi connectivity index (χ2v) is 3.00. The highest BCUT2D eigenvalue weighted by Gasteiger charge is 2.01. The van der Waals surface area contributed by atoms with Crippen LogP contribution in [-0.2, 0) is 7.05 Å². The number of aromatic nitrogens is 2. The van der Waals surface area contributed by atoms with Gasteiger partial charge in [0.2, 0.25) is 0 Å². The SMILES string of the molecule is CC.CC.Cc1cc2cn(C)nc2cc1O. The van der Waals surface area contributed by atoms with Crippen molar-refractivity contribution in [3.8, 4) is 5.75 Å². The van der Waals surface area contributed by atoms with Crippen LogP contribution in [-0.4, -0.2) is 14.9 Å². The van der Waals surface area contributed by atoms with Crippen molar-refractivity contribution in [1.29, 1.82) is 0 Å². The Kier molecular flexibility index (Phi) is 6.23. The van der Waals surface area contributed by atoms with Crippen LogP contribution < -0.4 is 0 Å². The number of phenolic OH excluding ortho intramolecular Hbond substituents is 1. The van der Waals surface area contributed by atoms with Gasteiger partial charge in [0.05, 0.1) is 5.52 Å². The molecule has 0 spiro atoms. The highest BCUT2D eigenvalue weighted by atomic mass is 16.3. The summed E-state index contributed by atoms with van der Waals surface area (Å²) in [5, 5.41) is 14.6. The zero-order valence-electron chi connectivity index (χ0n) is 11.1. The van der Waals surface area contributed by atoms with Gasteiger partial charge in [-0.25, -0.2) is 0 Å². The summed E-state index contributed by atoms with van der Waals surface area (Å²) < 4.78 is 1.74. The molecule has 1 heterocycles. The van der Waals surface area contributed by atoms with Gasteiger partial charge >= 0.3 is 0 Å². The maximum absolute atomic E-state index is 9.38. The topological polar surface area (TPSA) is 38.0 Å². The fraction of sp³-hybridized carbons (Fsp3) is 0.462. The lowest BCUT2D eigenvalue weighted by molar-refractivity contribution is 0.472. The molecular weight excluding hydrogens is 200 g/mol. The Balaban J connectivity index is 0.000000509. The molecule has 0 aliphatic heterocycles. The molecule has 3 nitrogen and oxygen atoms in total. The van der Waals surface area contributed by atoms with E-state index in [-0.39, 0.29) is 0 Å². The monoisotopic (exact) mass is 222 g/mol. The van der Waals surface area contributed by atoms with Gasteiger partial charge in [-0.05, 0) is 18.6 Å². The van der Waals surface area contributed by atoms with Crippen molar-refractivity contribution in [2.24, 2.45) is 7.05 Å². The molecule has 16 heavy (non-hydrogen) atoms. The van der Waals surface area contributed by atoms with Crippen LogP contribution in [0, 0.1) is 6.92 Å². The highest BCUT2D eigenvalue weighted by Crippen LogP contribution is 2.22. The molecule has 3 heteroatoms. The summed E-state index contributed by atoms with van der Waals surface area (Å²) >= 11 is 0. The molecule has 0 radical (unpaired) electrons. The van der Waals surface area contributed by atoms with Crippen LogP contribution in [0.1, 0.15) is 33.3 Å². The lowest BCUT2D eigenvalue weighted by Gasteiger charge is -1.95. The van der Waals surface area contributed by atoms with Crippen LogP contribution in [0.3, 0.4) is 0 Å². The molecule has 0 aliphatic rings. The number of benzene rings is 1. The molecule has 0 unspecified atom stereocenters. The van der Waals surface area contributed by atoms with Gasteiger partial charge in [-0.2, -0.15) is 5.10 Å². The molecule has 0 bridgehead atoms. The summed E-state index contributed by atoms with van der Waals surface area (Å²) in [6, 6.07) is 3.61. The van der Waals surface area contributed by atoms with E-state index in [1.165, 1.54) is 0 Å². The molecule has 1 aromatic carbocycles. The molecule has 1 N–H and O–H groups in total. The van der Waals surface area contributed by atoms with Crippen LogP contribution in [0.4, 0.5) is 0 Å². The first-order chi connectivity index (χ1) is 7.66. The average molecular weight is 222 g/mol. The predicted octanol–water partition coefficient (Wildman–Crippen LogP) is 3.64. The van der Waals surface area contributed by atoms with E-state index >= 15 is 0 Å². The van der Waals surface area contributed by atoms with E-state index in [4.69, 9.17) is 0 Å². The van der Waals surface area contributed by atoms with Gasteiger partial charge in [-0.1, -0.05) is 27.7 Å². The first kappa shape index (κ1) is 14.5. The molecule has 0 saturated carbocycles. The van der Waals surface area contributed by atoms with Crippen molar-refractivity contribution in [2.45, 2.75) is 34.6 Å². The van der Waals surface area contributed by atoms with E-state index in [0.717, 1.165) is 16.5 Å². The minimum atomic E-state index is 0.307. The molecule has 2 aromatic rings. The van der Waals surface area contributed by atoms with Gasteiger partial charge in [-0.15, -0.1) is 0 Å². The van der Waals surface area contributed by atoms with Crippen LogP contribution in [0.5, 0.6) is 5.75 Å². The van der Waals surface area contributed by atoms with Crippen molar-refractivity contribution in [1.82, 2.24) is 9.78 Å². The van der Waals surface area contributed by atoms with Crippen molar-refractivity contribution in [3.05, 3.63) is 23.9 Å². The molecular formula is C13H22N2O. The highest BCUT2D eigenvalue weighted by molar-refractivity contribution is 5.80. The first-order valence-corrected chi connectivity index (χ1v) is 5.80. The Morgan fingerprint density at radius 1 is 1.12 bits per heavy atom. The minimum Gasteiger partial charge on any atom is -0.508 e. The van der Waals surface area contributed by atoms with Crippen LogP contribution in [0.2, 0.25) is 0 Å². The van der Waals surface area contributed by atoms with Crippen LogP contribution in [0.25, 0.3) is 10.9 Å². The summed E-state index contributed by atoms with van der Waals surface area (Å²) in [6.45, 7) is 9.88. The van der Waals surface area contributed by atoms with Crippen LogP contribution in [0.15, 0.2) is 18.3 Å². The number of aryl methyl sites for hydroxylation is 2. The summed E-state index contributed by atoms with van der Waals surface area (Å²) in [6.07, 6.45) is 1.93. The Hall–Kier alpha value is -1.51. The molecule has 1 aromatic heterocycles. The second kappa shape index (κ2) is 6.88. The van der Waals surface area contributed by atoms with Gasteiger partial charge in [0, 0.05) is 24.7 Å². The van der Waals surface area contributed by atoms with Gasteiger partial charge in [-0.3, -0.25) is 4.68 Å². The van der Waals surface area contributed by atoms with E-state index in [2.05, 4.69) is 5.10 Å². The lowest BCUT2D eigenvalue weighted by atomic mass is 10.2. The third-order valence-electron chi connectivity index (χ3n) is 1.94. The van der Waals surface area contributed by atoms with Gasteiger partial charge in [0.1, 0.15) is 5.75 Å².